The predicted octanol–water partition coefficient (Wildman–Crippen LogP) is 1.63. The summed E-state index contributed by atoms with van der Waals surface area (Å²) in [4.78, 5) is 3.91. The van der Waals surface area contributed by atoms with Crippen molar-refractivity contribution in [1.29, 1.82) is 5.26 Å². The number of rotatable bonds is 3. The Kier molecular flexibility index (Phi) is 2.92. The van der Waals surface area contributed by atoms with E-state index in [0.717, 1.165) is 0 Å². The fourth-order valence-corrected chi connectivity index (χ4v) is 1.37. The number of nitrogens with zero attached hydrogens (tertiary/aromatic N) is 3. The zero-order valence-electron chi connectivity index (χ0n) is 9.30. The lowest BCUT2D eigenvalue weighted by Gasteiger charge is -2.06. The van der Waals surface area contributed by atoms with Crippen LogP contribution >= 0.6 is 0 Å². The first-order chi connectivity index (χ1) is 8.28. The Morgan fingerprint density at radius 1 is 1.29 bits per heavy atom. The van der Waals surface area contributed by atoms with Gasteiger partial charge in [0.1, 0.15) is 11.5 Å². The molecule has 1 aromatic heterocycles. The third-order valence-electron chi connectivity index (χ3n) is 2.17. The van der Waals surface area contributed by atoms with Crippen LogP contribution in [-0.4, -0.2) is 24.4 Å². The first-order valence-electron chi connectivity index (χ1n) is 4.74. The molecule has 0 amide bonds. The second-order valence-corrected chi connectivity index (χ2v) is 3.10. The lowest BCUT2D eigenvalue weighted by molar-refractivity contribution is 0.400. The maximum atomic E-state index is 8.62. The third-order valence-corrected chi connectivity index (χ3v) is 2.17. The summed E-state index contributed by atoms with van der Waals surface area (Å²) >= 11 is 0. The topological polar surface area (TPSA) is 81.2 Å². The molecular formula is C11H9N3O3. The number of nitriles is 1. The zero-order valence-corrected chi connectivity index (χ0v) is 9.30. The molecular weight excluding hydrogens is 222 g/mol. The predicted molar refractivity (Wildman–Crippen MR) is 57.6 cm³/mol. The molecule has 0 saturated heterocycles. The van der Waals surface area contributed by atoms with Crippen LogP contribution in [-0.2, 0) is 0 Å². The quantitative estimate of drug-likeness (QED) is 0.798. The molecule has 0 spiro atoms. The van der Waals surface area contributed by atoms with Gasteiger partial charge in [-0.3, -0.25) is 0 Å². The zero-order chi connectivity index (χ0) is 12.3. The fraction of sp³-hybridized carbons (Fsp3) is 0.182. The van der Waals surface area contributed by atoms with E-state index in [1.165, 1.54) is 7.11 Å². The molecule has 17 heavy (non-hydrogen) atoms. The van der Waals surface area contributed by atoms with Crippen molar-refractivity contribution >= 4 is 0 Å². The molecule has 1 heterocycles. The Labute approximate surface area is 97.4 Å². The van der Waals surface area contributed by atoms with Gasteiger partial charge in [0.2, 0.25) is 5.82 Å². The number of hydrogen-bond acceptors (Lipinski definition) is 6. The summed E-state index contributed by atoms with van der Waals surface area (Å²) < 4.78 is 15.0. The number of hydrogen-bond donors (Lipinski definition) is 0. The molecule has 6 nitrogen and oxygen atoms in total. The standard InChI is InChI=1S/C11H9N3O3/c1-15-7-3-4-9(16-2)8(5-7)11-13-10(6-12)17-14-11/h3-5H,1-2H3. The van der Waals surface area contributed by atoms with E-state index in [-0.39, 0.29) is 11.7 Å². The molecule has 0 radical (unpaired) electrons. The van der Waals surface area contributed by atoms with Crippen LogP contribution < -0.4 is 9.47 Å². The van der Waals surface area contributed by atoms with E-state index in [1.807, 2.05) is 0 Å². The van der Waals surface area contributed by atoms with Crippen molar-refractivity contribution in [2.75, 3.05) is 14.2 Å². The molecule has 0 fully saturated rings. The summed E-state index contributed by atoms with van der Waals surface area (Å²) in [5.74, 6) is 1.42. The minimum Gasteiger partial charge on any atom is -0.497 e. The van der Waals surface area contributed by atoms with Gasteiger partial charge in [-0.15, -0.1) is 0 Å². The molecule has 0 atom stereocenters. The van der Waals surface area contributed by atoms with Gasteiger partial charge < -0.3 is 14.0 Å². The van der Waals surface area contributed by atoms with Gasteiger partial charge in [0.25, 0.3) is 0 Å². The van der Waals surface area contributed by atoms with E-state index in [4.69, 9.17) is 19.3 Å². The highest BCUT2D eigenvalue weighted by atomic mass is 16.5. The van der Waals surface area contributed by atoms with E-state index >= 15 is 0 Å². The molecule has 0 aliphatic carbocycles. The summed E-state index contributed by atoms with van der Waals surface area (Å²) in [5, 5.41) is 12.3. The Hall–Kier alpha value is -2.55. The minimum absolute atomic E-state index is 0.0927. The van der Waals surface area contributed by atoms with E-state index in [1.54, 1.807) is 31.4 Å². The number of benzene rings is 1. The lowest BCUT2D eigenvalue weighted by Crippen LogP contribution is -1.91. The lowest BCUT2D eigenvalue weighted by atomic mass is 10.2. The highest BCUT2D eigenvalue weighted by Crippen LogP contribution is 2.31. The van der Waals surface area contributed by atoms with Crippen LogP contribution in [0.15, 0.2) is 22.7 Å². The smallest absolute Gasteiger partial charge is 0.329 e. The summed E-state index contributed by atoms with van der Waals surface area (Å²) in [6, 6.07) is 6.97. The minimum atomic E-state index is -0.0927. The third kappa shape index (κ3) is 2.03. The monoisotopic (exact) mass is 231 g/mol. The normalized spacial score (nSPS) is 9.71. The molecule has 0 aliphatic heterocycles. The maximum absolute atomic E-state index is 8.62. The Balaban J connectivity index is 2.52. The van der Waals surface area contributed by atoms with Gasteiger partial charge in [-0.2, -0.15) is 10.2 Å². The van der Waals surface area contributed by atoms with Gasteiger partial charge in [-0.25, -0.2) is 0 Å². The van der Waals surface area contributed by atoms with E-state index < -0.39 is 0 Å². The number of ether oxygens (including phenoxy) is 2. The van der Waals surface area contributed by atoms with Crippen LogP contribution in [0.25, 0.3) is 11.4 Å². The van der Waals surface area contributed by atoms with Crippen LogP contribution in [0.1, 0.15) is 5.89 Å². The SMILES string of the molecule is COc1ccc(OC)c(-c2noc(C#N)n2)c1. The highest BCUT2D eigenvalue weighted by Gasteiger charge is 2.14. The fourth-order valence-electron chi connectivity index (χ4n) is 1.37. The first kappa shape index (κ1) is 11.0. The summed E-state index contributed by atoms with van der Waals surface area (Å²) in [6.07, 6.45) is 0. The molecule has 2 rings (SSSR count). The van der Waals surface area contributed by atoms with Gasteiger partial charge in [0.15, 0.2) is 6.07 Å². The Bertz CT molecular complexity index is 572. The summed E-state index contributed by atoms with van der Waals surface area (Å²) in [7, 11) is 3.10. The van der Waals surface area contributed by atoms with Gasteiger partial charge >= 0.3 is 5.89 Å². The van der Waals surface area contributed by atoms with Crippen molar-refractivity contribution in [3.8, 4) is 29.0 Å². The average Bonchev–Trinajstić information content (AvgIpc) is 2.86. The largest absolute Gasteiger partial charge is 0.497 e. The van der Waals surface area contributed by atoms with Crippen LogP contribution in [0.2, 0.25) is 0 Å². The van der Waals surface area contributed by atoms with Crippen molar-refractivity contribution in [2.45, 2.75) is 0 Å². The van der Waals surface area contributed by atoms with Gasteiger partial charge in [-0.05, 0) is 18.2 Å². The van der Waals surface area contributed by atoms with E-state index in [0.29, 0.717) is 17.1 Å². The van der Waals surface area contributed by atoms with Crippen LogP contribution in [0.5, 0.6) is 11.5 Å². The van der Waals surface area contributed by atoms with Crippen LogP contribution in [0, 0.1) is 11.3 Å². The van der Waals surface area contributed by atoms with Crippen molar-refractivity contribution in [2.24, 2.45) is 0 Å². The first-order valence-corrected chi connectivity index (χ1v) is 4.74. The molecule has 86 valence electrons. The van der Waals surface area contributed by atoms with Crippen molar-refractivity contribution < 1.29 is 14.0 Å². The van der Waals surface area contributed by atoms with E-state index in [9.17, 15) is 0 Å². The maximum Gasteiger partial charge on any atom is 0.329 e. The molecule has 0 saturated carbocycles. The molecule has 2 aromatic rings. The Morgan fingerprint density at radius 2 is 2.12 bits per heavy atom. The van der Waals surface area contributed by atoms with Gasteiger partial charge in [0, 0.05) is 0 Å². The highest BCUT2D eigenvalue weighted by molar-refractivity contribution is 5.66. The second-order valence-electron chi connectivity index (χ2n) is 3.10. The number of methoxy groups -OCH3 is 2. The summed E-state index contributed by atoms with van der Waals surface area (Å²) in [5.41, 5.74) is 0.608. The molecule has 0 unspecified atom stereocenters. The molecule has 6 heteroatoms. The molecule has 0 bridgehead atoms. The average molecular weight is 231 g/mol. The second kappa shape index (κ2) is 4.53. The molecule has 1 aromatic carbocycles. The Morgan fingerprint density at radius 3 is 2.71 bits per heavy atom. The molecule has 0 aliphatic rings. The van der Waals surface area contributed by atoms with Gasteiger partial charge in [-0.1, -0.05) is 5.16 Å². The number of aromatic nitrogens is 2. The molecule has 0 N–H and O–H groups in total. The van der Waals surface area contributed by atoms with Crippen molar-refractivity contribution in [3.63, 3.8) is 0 Å². The van der Waals surface area contributed by atoms with Crippen molar-refractivity contribution in [3.05, 3.63) is 24.1 Å². The van der Waals surface area contributed by atoms with Crippen LogP contribution in [0.4, 0.5) is 0 Å². The summed E-state index contributed by atoms with van der Waals surface area (Å²) in [6.45, 7) is 0. The van der Waals surface area contributed by atoms with E-state index in [2.05, 4.69) is 10.1 Å². The van der Waals surface area contributed by atoms with Gasteiger partial charge in [0.05, 0.1) is 19.8 Å². The van der Waals surface area contributed by atoms with Crippen LogP contribution in [0.3, 0.4) is 0 Å². The van der Waals surface area contributed by atoms with Crippen molar-refractivity contribution in [1.82, 2.24) is 10.1 Å².